The molecule has 160 valence electrons. The Kier molecular flexibility index (Phi) is 10.7. The van der Waals surface area contributed by atoms with Crippen LogP contribution in [-0.2, 0) is 24.0 Å². The smallest absolute Gasteiger partial charge is 0.326 e. The third-order valence-electron chi connectivity index (χ3n) is 3.59. The monoisotopic (exact) mass is 406 g/mol. The lowest BCUT2D eigenvalue weighted by Crippen LogP contribution is -2.59. The van der Waals surface area contributed by atoms with Crippen molar-refractivity contribution < 1.29 is 44.4 Å². The third-order valence-corrected chi connectivity index (χ3v) is 3.59. The van der Waals surface area contributed by atoms with Crippen LogP contribution in [0.1, 0.15) is 20.3 Å². The maximum atomic E-state index is 12.3. The van der Waals surface area contributed by atoms with Crippen LogP contribution in [0.25, 0.3) is 0 Å². The molecule has 0 rings (SSSR count). The second-order valence-electron chi connectivity index (χ2n) is 6.26. The molecule has 13 heteroatoms. The van der Waals surface area contributed by atoms with E-state index in [1.54, 1.807) is 0 Å². The van der Waals surface area contributed by atoms with Gasteiger partial charge in [-0.15, -0.1) is 0 Å². The van der Waals surface area contributed by atoms with Crippen LogP contribution >= 0.6 is 0 Å². The number of aliphatic hydroxyl groups is 2. The van der Waals surface area contributed by atoms with Gasteiger partial charge >= 0.3 is 11.9 Å². The molecule has 4 atom stereocenters. The number of aliphatic carboxylic acids is 2. The Morgan fingerprint density at radius 2 is 1.32 bits per heavy atom. The van der Waals surface area contributed by atoms with Crippen molar-refractivity contribution in [3.63, 3.8) is 0 Å². The molecule has 9 N–H and O–H groups in total. The summed E-state index contributed by atoms with van der Waals surface area (Å²) in [6.45, 7) is 1.42. The topological polar surface area (TPSA) is 228 Å². The Labute approximate surface area is 160 Å². The summed E-state index contributed by atoms with van der Waals surface area (Å²) < 4.78 is 0. The zero-order chi connectivity index (χ0) is 22.0. The number of carbonyl (C=O) groups excluding carboxylic acids is 3. The van der Waals surface area contributed by atoms with Crippen molar-refractivity contribution in [2.45, 2.75) is 44.4 Å². The van der Waals surface area contributed by atoms with Gasteiger partial charge in [0.05, 0.1) is 19.6 Å². The summed E-state index contributed by atoms with van der Waals surface area (Å²) in [6, 6.07) is -5.92. The number of hydrogen-bond acceptors (Lipinski definition) is 8. The number of carbonyl (C=O) groups is 5. The number of amides is 3. The standard InChI is InChI=1S/C15H26N4O9/c1-6(2)11(15(27)28)19-13(25)8(3-10(22)23)17-14(26)9(5-21)18-12(24)7(16)4-20/h6-9,11,20-21H,3-5,16H2,1-2H3,(H,17,26)(H,18,24)(H,19,25)(H,22,23)(H,27,28). The van der Waals surface area contributed by atoms with E-state index < -0.39 is 79.4 Å². The molecule has 0 saturated carbocycles. The van der Waals surface area contributed by atoms with Gasteiger partial charge in [-0.25, -0.2) is 4.79 Å². The molecule has 0 aromatic heterocycles. The molecule has 0 aliphatic heterocycles. The maximum absolute atomic E-state index is 12.3. The van der Waals surface area contributed by atoms with E-state index in [1.807, 2.05) is 10.6 Å². The Balaban J connectivity index is 5.26. The highest BCUT2D eigenvalue weighted by Crippen LogP contribution is 2.04. The van der Waals surface area contributed by atoms with Crippen molar-refractivity contribution in [3.05, 3.63) is 0 Å². The molecular weight excluding hydrogens is 380 g/mol. The van der Waals surface area contributed by atoms with E-state index >= 15 is 0 Å². The molecule has 0 heterocycles. The van der Waals surface area contributed by atoms with Crippen LogP contribution in [0.4, 0.5) is 0 Å². The predicted octanol–water partition coefficient (Wildman–Crippen LogP) is -4.03. The average Bonchev–Trinajstić information content (AvgIpc) is 2.61. The summed E-state index contributed by atoms with van der Waals surface area (Å²) in [4.78, 5) is 58.2. The summed E-state index contributed by atoms with van der Waals surface area (Å²) in [5.74, 6) is -6.44. The van der Waals surface area contributed by atoms with Crippen molar-refractivity contribution in [2.24, 2.45) is 11.7 Å². The lowest BCUT2D eigenvalue weighted by molar-refractivity contribution is -0.144. The first-order valence-electron chi connectivity index (χ1n) is 8.27. The van der Waals surface area contributed by atoms with Gasteiger partial charge in [0.15, 0.2) is 0 Å². The molecule has 0 bridgehead atoms. The molecule has 0 aliphatic carbocycles. The Morgan fingerprint density at radius 3 is 1.71 bits per heavy atom. The summed E-state index contributed by atoms with van der Waals surface area (Å²) in [5, 5.41) is 42.3. The first-order valence-corrected chi connectivity index (χ1v) is 8.27. The molecule has 13 nitrogen and oxygen atoms in total. The Hall–Kier alpha value is -2.77. The van der Waals surface area contributed by atoms with Crippen LogP contribution in [0, 0.1) is 5.92 Å². The van der Waals surface area contributed by atoms with E-state index in [1.165, 1.54) is 13.8 Å². The van der Waals surface area contributed by atoms with E-state index in [4.69, 9.17) is 21.1 Å². The Morgan fingerprint density at radius 1 is 0.821 bits per heavy atom. The quantitative estimate of drug-likeness (QED) is 0.156. The molecule has 28 heavy (non-hydrogen) atoms. The second-order valence-corrected chi connectivity index (χ2v) is 6.26. The highest BCUT2D eigenvalue weighted by Gasteiger charge is 2.32. The minimum absolute atomic E-state index is 0.521. The van der Waals surface area contributed by atoms with Crippen LogP contribution in [-0.4, -0.2) is 87.5 Å². The number of carboxylic acids is 2. The lowest BCUT2D eigenvalue weighted by atomic mass is 10.0. The van der Waals surface area contributed by atoms with Crippen molar-refractivity contribution in [2.75, 3.05) is 13.2 Å². The largest absolute Gasteiger partial charge is 0.481 e. The summed E-state index contributed by atoms with van der Waals surface area (Å²) in [5.41, 5.74) is 5.27. The van der Waals surface area contributed by atoms with Gasteiger partial charge in [-0.1, -0.05) is 13.8 Å². The van der Waals surface area contributed by atoms with E-state index in [2.05, 4.69) is 5.32 Å². The fraction of sp³-hybridized carbons (Fsp3) is 0.667. The molecule has 0 aromatic carbocycles. The Bertz CT molecular complexity index is 596. The number of rotatable bonds is 12. The SMILES string of the molecule is CC(C)C(NC(=O)C(CC(=O)O)NC(=O)C(CO)NC(=O)C(N)CO)C(=O)O. The van der Waals surface area contributed by atoms with Gasteiger partial charge in [0.2, 0.25) is 17.7 Å². The van der Waals surface area contributed by atoms with Gasteiger partial charge in [-0.2, -0.15) is 0 Å². The molecule has 0 radical (unpaired) electrons. The van der Waals surface area contributed by atoms with Crippen LogP contribution in [0.2, 0.25) is 0 Å². The number of nitrogens with one attached hydrogen (secondary N) is 3. The van der Waals surface area contributed by atoms with E-state index in [9.17, 15) is 29.1 Å². The normalized spacial score (nSPS) is 15.1. The fourth-order valence-electron chi connectivity index (χ4n) is 1.98. The van der Waals surface area contributed by atoms with Crippen LogP contribution < -0.4 is 21.7 Å². The molecule has 3 amide bonds. The van der Waals surface area contributed by atoms with Crippen LogP contribution in [0.15, 0.2) is 0 Å². The first kappa shape index (κ1) is 25.2. The van der Waals surface area contributed by atoms with Gasteiger partial charge in [-0.05, 0) is 5.92 Å². The van der Waals surface area contributed by atoms with Gasteiger partial charge < -0.3 is 42.1 Å². The van der Waals surface area contributed by atoms with Gasteiger partial charge in [0.25, 0.3) is 0 Å². The average molecular weight is 406 g/mol. The number of aliphatic hydroxyl groups excluding tert-OH is 2. The second kappa shape index (κ2) is 11.8. The highest BCUT2D eigenvalue weighted by atomic mass is 16.4. The molecule has 0 aromatic rings. The van der Waals surface area contributed by atoms with Gasteiger partial charge in [0, 0.05) is 0 Å². The van der Waals surface area contributed by atoms with Crippen molar-refractivity contribution in [1.29, 1.82) is 0 Å². The number of hydrogen-bond donors (Lipinski definition) is 8. The molecule has 0 spiro atoms. The van der Waals surface area contributed by atoms with Crippen molar-refractivity contribution in [3.8, 4) is 0 Å². The zero-order valence-corrected chi connectivity index (χ0v) is 15.4. The number of carboxylic acid groups (broad SMARTS) is 2. The third kappa shape index (κ3) is 8.28. The summed E-state index contributed by atoms with van der Waals surface area (Å²) in [6.07, 6.45) is -0.871. The first-order chi connectivity index (χ1) is 12.9. The fourth-order valence-corrected chi connectivity index (χ4v) is 1.98. The van der Waals surface area contributed by atoms with E-state index in [0.29, 0.717) is 0 Å². The molecule has 0 saturated heterocycles. The van der Waals surface area contributed by atoms with E-state index in [0.717, 1.165) is 0 Å². The highest BCUT2D eigenvalue weighted by molar-refractivity contribution is 5.95. The summed E-state index contributed by atoms with van der Waals surface area (Å²) in [7, 11) is 0. The molecule has 0 fully saturated rings. The minimum atomic E-state index is -1.66. The maximum Gasteiger partial charge on any atom is 0.326 e. The van der Waals surface area contributed by atoms with Gasteiger partial charge in [0.1, 0.15) is 24.2 Å². The minimum Gasteiger partial charge on any atom is -0.481 e. The number of nitrogens with two attached hydrogens (primary N) is 1. The molecule has 4 unspecified atom stereocenters. The van der Waals surface area contributed by atoms with Crippen LogP contribution in [0.3, 0.4) is 0 Å². The lowest BCUT2D eigenvalue weighted by Gasteiger charge is -2.24. The van der Waals surface area contributed by atoms with Crippen LogP contribution in [0.5, 0.6) is 0 Å². The van der Waals surface area contributed by atoms with Crippen molar-refractivity contribution in [1.82, 2.24) is 16.0 Å². The van der Waals surface area contributed by atoms with Gasteiger partial charge in [-0.3, -0.25) is 19.2 Å². The zero-order valence-electron chi connectivity index (χ0n) is 15.4. The molecular formula is C15H26N4O9. The van der Waals surface area contributed by atoms with E-state index in [-0.39, 0.29) is 0 Å². The summed E-state index contributed by atoms with van der Waals surface area (Å²) >= 11 is 0. The van der Waals surface area contributed by atoms with Crippen molar-refractivity contribution >= 4 is 29.7 Å². The molecule has 0 aliphatic rings. The predicted molar refractivity (Wildman–Crippen MR) is 92.7 cm³/mol.